The zero-order valence-electron chi connectivity index (χ0n) is 24.7. The number of halogens is 3. The zero-order chi connectivity index (χ0) is 27.9. The predicted molar refractivity (Wildman–Crippen MR) is 169 cm³/mol. The SMILES string of the molecule is CC(C)N1CCC(C(CN2CCN(CCCc3ccccc3-c3ccccc3F)CC2)c2ccc(F)cc2)CC1.Cl. The van der Waals surface area contributed by atoms with Gasteiger partial charge in [0.25, 0.3) is 0 Å². The topological polar surface area (TPSA) is 9.72 Å². The molecule has 2 aliphatic heterocycles. The Balaban J connectivity index is 0.00000387. The molecule has 222 valence electrons. The highest BCUT2D eigenvalue weighted by Crippen LogP contribution is 2.34. The molecule has 6 heteroatoms. The standard InChI is InChI=1S/C35H45F2N3.ClH/c1-27(2)40-20-17-30(18-21-40)34(29-13-15-31(36)16-14-29)26-39-24-22-38(23-25-39)19-7-9-28-8-3-4-10-32(28)33-11-5-6-12-35(33)37;/h3-6,8,10-16,27,30,34H,7,9,17-26H2,1-2H3;1H. The predicted octanol–water partition coefficient (Wildman–Crippen LogP) is 7.51. The van der Waals surface area contributed by atoms with E-state index in [0.717, 1.165) is 70.8 Å². The highest BCUT2D eigenvalue weighted by Gasteiger charge is 2.31. The summed E-state index contributed by atoms with van der Waals surface area (Å²) in [5, 5.41) is 0. The van der Waals surface area contributed by atoms with Crippen molar-refractivity contribution in [1.29, 1.82) is 0 Å². The molecular formula is C35H46ClF2N3. The van der Waals surface area contributed by atoms with Crippen molar-refractivity contribution in [2.75, 3.05) is 52.4 Å². The Hall–Kier alpha value is -2.31. The van der Waals surface area contributed by atoms with Crippen molar-refractivity contribution >= 4 is 12.4 Å². The molecule has 0 radical (unpaired) electrons. The number of rotatable bonds is 10. The molecule has 41 heavy (non-hydrogen) atoms. The summed E-state index contributed by atoms with van der Waals surface area (Å²) in [6.45, 7) is 13.3. The molecule has 2 fully saturated rings. The van der Waals surface area contributed by atoms with Gasteiger partial charge in [-0.2, -0.15) is 0 Å². The zero-order valence-corrected chi connectivity index (χ0v) is 25.5. The minimum absolute atomic E-state index is 0. The largest absolute Gasteiger partial charge is 0.301 e. The molecule has 0 aliphatic carbocycles. The van der Waals surface area contributed by atoms with Gasteiger partial charge in [-0.3, -0.25) is 0 Å². The number of hydrogen-bond donors (Lipinski definition) is 0. The van der Waals surface area contributed by atoms with Crippen LogP contribution in [-0.2, 0) is 6.42 Å². The molecule has 5 rings (SSSR count). The molecule has 0 saturated carbocycles. The summed E-state index contributed by atoms with van der Waals surface area (Å²) in [5.41, 5.74) is 4.21. The molecule has 0 spiro atoms. The van der Waals surface area contributed by atoms with Gasteiger partial charge in [0.05, 0.1) is 0 Å². The first-order chi connectivity index (χ1) is 19.5. The molecule has 3 nitrogen and oxygen atoms in total. The van der Waals surface area contributed by atoms with Crippen LogP contribution in [0.5, 0.6) is 0 Å². The van der Waals surface area contributed by atoms with Crippen LogP contribution in [0.3, 0.4) is 0 Å². The van der Waals surface area contributed by atoms with Crippen molar-refractivity contribution < 1.29 is 8.78 Å². The van der Waals surface area contributed by atoms with Gasteiger partial charge >= 0.3 is 0 Å². The molecule has 1 atom stereocenters. The van der Waals surface area contributed by atoms with E-state index in [9.17, 15) is 8.78 Å². The normalized spacial score (nSPS) is 18.4. The lowest BCUT2D eigenvalue weighted by Gasteiger charge is -2.41. The summed E-state index contributed by atoms with van der Waals surface area (Å²) in [6.07, 6.45) is 4.45. The second-order valence-electron chi connectivity index (χ2n) is 12.0. The minimum atomic E-state index is -0.157. The first-order valence-electron chi connectivity index (χ1n) is 15.2. The van der Waals surface area contributed by atoms with E-state index in [1.165, 1.54) is 24.0 Å². The summed E-state index contributed by atoms with van der Waals surface area (Å²) in [6, 6.07) is 23.2. The van der Waals surface area contributed by atoms with E-state index in [-0.39, 0.29) is 24.0 Å². The number of likely N-dealkylation sites (tertiary alicyclic amines) is 1. The van der Waals surface area contributed by atoms with E-state index in [4.69, 9.17) is 0 Å². The molecule has 2 saturated heterocycles. The summed E-state index contributed by atoms with van der Waals surface area (Å²) >= 11 is 0. The van der Waals surface area contributed by atoms with Gasteiger partial charge in [0.15, 0.2) is 0 Å². The van der Waals surface area contributed by atoms with E-state index in [1.54, 1.807) is 24.3 Å². The van der Waals surface area contributed by atoms with Gasteiger partial charge in [-0.25, -0.2) is 8.78 Å². The van der Waals surface area contributed by atoms with E-state index in [0.29, 0.717) is 23.4 Å². The Morgan fingerprint density at radius 1 is 0.732 bits per heavy atom. The smallest absolute Gasteiger partial charge is 0.131 e. The van der Waals surface area contributed by atoms with Crippen LogP contribution in [-0.4, -0.2) is 73.1 Å². The van der Waals surface area contributed by atoms with Gasteiger partial charge in [-0.05, 0) is 106 Å². The van der Waals surface area contributed by atoms with Crippen LogP contribution >= 0.6 is 12.4 Å². The Kier molecular flexibility index (Phi) is 11.8. The van der Waals surface area contributed by atoms with Crippen LogP contribution in [0.2, 0.25) is 0 Å². The van der Waals surface area contributed by atoms with Crippen LogP contribution < -0.4 is 0 Å². The van der Waals surface area contributed by atoms with Gasteiger partial charge in [-0.15, -0.1) is 12.4 Å². The third-order valence-corrected chi connectivity index (χ3v) is 9.19. The summed E-state index contributed by atoms with van der Waals surface area (Å²) in [7, 11) is 0. The maximum absolute atomic E-state index is 14.5. The molecule has 2 aliphatic rings. The van der Waals surface area contributed by atoms with Crippen molar-refractivity contribution in [3.05, 3.63) is 95.6 Å². The van der Waals surface area contributed by atoms with Gasteiger partial charge < -0.3 is 14.7 Å². The quantitative estimate of drug-likeness (QED) is 0.245. The molecule has 0 aromatic heterocycles. The molecule has 3 aromatic carbocycles. The first-order valence-corrected chi connectivity index (χ1v) is 15.2. The number of nitrogens with zero attached hydrogens (tertiary/aromatic N) is 3. The van der Waals surface area contributed by atoms with Crippen LogP contribution in [0.25, 0.3) is 11.1 Å². The lowest BCUT2D eigenvalue weighted by atomic mass is 9.79. The number of piperidine rings is 1. The molecule has 3 aromatic rings. The first kappa shape index (κ1) is 31.6. The molecule has 0 N–H and O–H groups in total. The summed E-state index contributed by atoms with van der Waals surface area (Å²) in [5.74, 6) is 0.794. The number of aryl methyl sites for hydroxylation is 1. The van der Waals surface area contributed by atoms with Gasteiger partial charge in [-0.1, -0.05) is 54.6 Å². The highest BCUT2D eigenvalue weighted by atomic mass is 35.5. The molecule has 0 bridgehead atoms. The monoisotopic (exact) mass is 581 g/mol. The molecule has 2 heterocycles. The maximum Gasteiger partial charge on any atom is 0.131 e. The molecule has 0 amide bonds. The van der Waals surface area contributed by atoms with E-state index in [1.807, 2.05) is 36.4 Å². The summed E-state index contributed by atoms with van der Waals surface area (Å²) < 4.78 is 28.2. The Labute approximate surface area is 252 Å². The lowest BCUT2D eigenvalue weighted by molar-refractivity contribution is 0.0968. The van der Waals surface area contributed by atoms with Crippen molar-refractivity contribution in [2.24, 2.45) is 5.92 Å². The number of benzene rings is 3. The van der Waals surface area contributed by atoms with Gasteiger partial charge in [0.2, 0.25) is 0 Å². The van der Waals surface area contributed by atoms with Crippen molar-refractivity contribution in [2.45, 2.75) is 51.5 Å². The average molecular weight is 582 g/mol. The molecule has 1 unspecified atom stereocenters. The second kappa shape index (κ2) is 15.2. The third-order valence-electron chi connectivity index (χ3n) is 9.19. The van der Waals surface area contributed by atoms with Crippen LogP contribution in [0.4, 0.5) is 8.78 Å². The Morgan fingerprint density at radius 3 is 2.00 bits per heavy atom. The van der Waals surface area contributed by atoms with E-state index in [2.05, 4.69) is 40.7 Å². The van der Waals surface area contributed by atoms with E-state index >= 15 is 0 Å². The lowest BCUT2D eigenvalue weighted by Crippen LogP contribution is -2.49. The average Bonchev–Trinajstić information content (AvgIpc) is 2.98. The van der Waals surface area contributed by atoms with Crippen molar-refractivity contribution in [3.8, 4) is 11.1 Å². The van der Waals surface area contributed by atoms with Crippen molar-refractivity contribution in [1.82, 2.24) is 14.7 Å². The number of hydrogen-bond acceptors (Lipinski definition) is 3. The van der Waals surface area contributed by atoms with Crippen LogP contribution in [0.15, 0.2) is 72.8 Å². The van der Waals surface area contributed by atoms with Crippen LogP contribution in [0, 0.1) is 17.6 Å². The Morgan fingerprint density at radius 2 is 1.34 bits per heavy atom. The fraction of sp³-hybridized carbons (Fsp3) is 0.486. The van der Waals surface area contributed by atoms with Gasteiger partial charge in [0, 0.05) is 44.3 Å². The second-order valence-corrected chi connectivity index (χ2v) is 12.0. The fourth-order valence-corrected chi connectivity index (χ4v) is 6.72. The Bertz CT molecular complexity index is 1200. The van der Waals surface area contributed by atoms with Crippen molar-refractivity contribution in [3.63, 3.8) is 0 Å². The third kappa shape index (κ3) is 8.38. The summed E-state index contributed by atoms with van der Waals surface area (Å²) in [4.78, 5) is 7.80. The van der Waals surface area contributed by atoms with Gasteiger partial charge in [0.1, 0.15) is 11.6 Å². The number of piperazine rings is 1. The molecular weight excluding hydrogens is 536 g/mol. The maximum atomic E-state index is 14.5. The fourth-order valence-electron chi connectivity index (χ4n) is 6.72. The highest BCUT2D eigenvalue weighted by molar-refractivity contribution is 5.85. The van der Waals surface area contributed by atoms with E-state index < -0.39 is 0 Å². The van der Waals surface area contributed by atoms with Crippen LogP contribution in [0.1, 0.15) is 50.2 Å². The minimum Gasteiger partial charge on any atom is -0.301 e.